The fourth-order valence-corrected chi connectivity index (χ4v) is 3.32. The molecule has 0 aliphatic heterocycles. The van der Waals surface area contributed by atoms with E-state index in [1.807, 2.05) is 0 Å². The van der Waals surface area contributed by atoms with Crippen LogP contribution in [0.5, 0.6) is 5.75 Å². The summed E-state index contributed by atoms with van der Waals surface area (Å²) in [6.07, 6.45) is 0.101. The van der Waals surface area contributed by atoms with Crippen LogP contribution in [-0.2, 0) is 11.2 Å². The number of aromatic carboxylic acids is 1. The number of ether oxygens (including phenoxy) is 1. The molecule has 1 amide bonds. The molecule has 1 heterocycles. The molecule has 0 radical (unpaired) electrons. The Kier molecular flexibility index (Phi) is 5.80. The summed E-state index contributed by atoms with van der Waals surface area (Å²) in [6.45, 7) is 3.39. The number of rotatable bonds is 6. The largest absolute Gasteiger partial charge is 0.496 e. The summed E-state index contributed by atoms with van der Waals surface area (Å²) < 4.78 is 5.22. The average Bonchev–Trinajstić information content (AvgIpc) is 2.89. The number of methoxy groups -OCH3 is 1. The molecule has 2 aromatic rings. The minimum Gasteiger partial charge on any atom is -0.496 e. The zero-order valence-electron chi connectivity index (χ0n) is 13.4. The Bertz CT molecular complexity index is 775. The van der Waals surface area contributed by atoms with Crippen LogP contribution in [0.3, 0.4) is 0 Å². The lowest BCUT2D eigenvalue weighted by atomic mass is 10.1. The van der Waals surface area contributed by atoms with Crippen molar-refractivity contribution in [3.63, 3.8) is 0 Å². The molecule has 0 saturated heterocycles. The average molecular weight is 369 g/mol. The van der Waals surface area contributed by atoms with Crippen LogP contribution >= 0.6 is 22.9 Å². The molecule has 0 aliphatic rings. The van der Waals surface area contributed by atoms with Gasteiger partial charge in [-0.2, -0.15) is 0 Å². The van der Waals surface area contributed by atoms with Gasteiger partial charge in [0, 0.05) is 10.6 Å². The number of aromatic nitrogens is 1. The van der Waals surface area contributed by atoms with Gasteiger partial charge in [0.2, 0.25) is 5.91 Å². The molecule has 0 spiro atoms. The molecule has 0 saturated carbocycles. The van der Waals surface area contributed by atoms with Crippen molar-refractivity contribution in [2.75, 3.05) is 7.11 Å². The molecule has 6 nitrogen and oxygen atoms in total. The summed E-state index contributed by atoms with van der Waals surface area (Å²) in [5.74, 6) is -0.660. The molecule has 0 fully saturated rings. The van der Waals surface area contributed by atoms with Gasteiger partial charge in [0.05, 0.1) is 25.3 Å². The van der Waals surface area contributed by atoms with E-state index in [1.54, 1.807) is 32.0 Å². The van der Waals surface area contributed by atoms with Crippen LogP contribution in [0.2, 0.25) is 5.02 Å². The third kappa shape index (κ3) is 4.24. The third-order valence-corrected chi connectivity index (χ3v) is 4.91. The molecule has 1 aromatic heterocycles. The summed E-state index contributed by atoms with van der Waals surface area (Å²) in [5, 5.41) is 13.0. The monoisotopic (exact) mass is 368 g/mol. The van der Waals surface area contributed by atoms with E-state index >= 15 is 0 Å². The number of hydrogen-bond donors (Lipinski definition) is 2. The number of carboxylic acids is 1. The highest BCUT2D eigenvalue weighted by Crippen LogP contribution is 2.25. The van der Waals surface area contributed by atoms with Gasteiger partial charge < -0.3 is 15.2 Å². The third-order valence-electron chi connectivity index (χ3n) is 3.35. The Hall–Kier alpha value is -2.12. The predicted molar refractivity (Wildman–Crippen MR) is 92.1 cm³/mol. The zero-order chi connectivity index (χ0) is 17.9. The Balaban J connectivity index is 2.08. The van der Waals surface area contributed by atoms with Crippen LogP contribution < -0.4 is 10.1 Å². The lowest BCUT2D eigenvalue weighted by Gasteiger charge is -2.13. The van der Waals surface area contributed by atoms with Crippen molar-refractivity contribution in [1.29, 1.82) is 0 Å². The Morgan fingerprint density at radius 1 is 1.46 bits per heavy atom. The SMILES string of the molecule is COc1ccc(Cl)cc1CC(=O)NC(C)c1nc(C)c(C(=O)O)s1. The van der Waals surface area contributed by atoms with Crippen LogP contribution in [0.1, 0.15) is 38.9 Å². The summed E-state index contributed by atoms with van der Waals surface area (Å²) in [4.78, 5) is 27.7. The second-order valence-corrected chi connectivity index (χ2v) is 6.66. The first-order chi connectivity index (χ1) is 11.3. The maximum absolute atomic E-state index is 12.3. The quantitative estimate of drug-likeness (QED) is 0.817. The van der Waals surface area contributed by atoms with E-state index in [9.17, 15) is 9.59 Å². The number of carbonyl (C=O) groups is 2. The van der Waals surface area contributed by atoms with Gasteiger partial charge in [0.1, 0.15) is 15.6 Å². The topological polar surface area (TPSA) is 88.5 Å². The highest BCUT2D eigenvalue weighted by atomic mass is 35.5. The van der Waals surface area contributed by atoms with E-state index in [1.165, 1.54) is 7.11 Å². The van der Waals surface area contributed by atoms with Crippen molar-refractivity contribution in [3.8, 4) is 5.75 Å². The number of carboxylic acid groups (broad SMARTS) is 1. The smallest absolute Gasteiger partial charge is 0.347 e. The minimum absolute atomic E-state index is 0.101. The fraction of sp³-hybridized carbons (Fsp3) is 0.312. The van der Waals surface area contributed by atoms with Crippen LogP contribution in [0.15, 0.2) is 18.2 Å². The molecule has 8 heteroatoms. The van der Waals surface area contributed by atoms with E-state index in [-0.39, 0.29) is 23.2 Å². The van der Waals surface area contributed by atoms with Crippen molar-refractivity contribution in [1.82, 2.24) is 10.3 Å². The van der Waals surface area contributed by atoms with E-state index in [4.69, 9.17) is 21.4 Å². The van der Waals surface area contributed by atoms with Gasteiger partial charge in [0.15, 0.2) is 0 Å². The van der Waals surface area contributed by atoms with Gasteiger partial charge in [-0.1, -0.05) is 11.6 Å². The number of nitrogens with one attached hydrogen (secondary N) is 1. The zero-order valence-corrected chi connectivity index (χ0v) is 15.0. The summed E-state index contributed by atoms with van der Waals surface area (Å²) in [6, 6.07) is 4.69. The molecule has 0 bridgehead atoms. The molecular formula is C16H17ClN2O4S. The number of halogens is 1. The normalized spacial score (nSPS) is 11.8. The van der Waals surface area contributed by atoms with Gasteiger partial charge in [-0.25, -0.2) is 9.78 Å². The molecule has 24 heavy (non-hydrogen) atoms. The van der Waals surface area contributed by atoms with Crippen LogP contribution in [-0.4, -0.2) is 29.1 Å². The Morgan fingerprint density at radius 2 is 2.17 bits per heavy atom. The number of thiazole rings is 1. The highest BCUT2D eigenvalue weighted by molar-refractivity contribution is 7.13. The van der Waals surface area contributed by atoms with Crippen molar-refractivity contribution < 1.29 is 19.4 Å². The fourth-order valence-electron chi connectivity index (χ4n) is 2.21. The molecule has 2 N–H and O–H groups in total. The number of amides is 1. The summed E-state index contributed by atoms with van der Waals surface area (Å²) >= 11 is 7.02. The number of benzene rings is 1. The predicted octanol–water partition coefficient (Wildman–Crippen LogP) is 3.23. The lowest BCUT2D eigenvalue weighted by Crippen LogP contribution is -2.28. The van der Waals surface area contributed by atoms with Gasteiger partial charge in [-0.05, 0) is 32.0 Å². The van der Waals surface area contributed by atoms with Crippen LogP contribution in [0, 0.1) is 6.92 Å². The van der Waals surface area contributed by atoms with Gasteiger partial charge in [-0.15, -0.1) is 11.3 Å². The molecule has 1 unspecified atom stereocenters. The highest BCUT2D eigenvalue weighted by Gasteiger charge is 2.19. The van der Waals surface area contributed by atoms with E-state index in [2.05, 4.69) is 10.3 Å². The van der Waals surface area contributed by atoms with Crippen LogP contribution in [0.4, 0.5) is 0 Å². The minimum atomic E-state index is -1.02. The van der Waals surface area contributed by atoms with E-state index in [0.717, 1.165) is 11.3 Å². The maximum Gasteiger partial charge on any atom is 0.347 e. The van der Waals surface area contributed by atoms with Gasteiger partial charge in [-0.3, -0.25) is 4.79 Å². The van der Waals surface area contributed by atoms with Crippen molar-refractivity contribution in [2.45, 2.75) is 26.3 Å². The van der Waals surface area contributed by atoms with Gasteiger partial charge >= 0.3 is 5.97 Å². The lowest BCUT2D eigenvalue weighted by molar-refractivity contribution is -0.121. The second kappa shape index (κ2) is 7.63. The standard InChI is InChI=1S/C16H17ClN2O4S/c1-8-14(16(21)22)24-15(19-8)9(2)18-13(20)7-10-6-11(17)4-5-12(10)23-3/h4-6,9H,7H2,1-3H3,(H,18,20)(H,21,22). The molecule has 1 atom stereocenters. The number of nitrogens with zero attached hydrogens (tertiary/aromatic N) is 1. The molecule has 0 aliphatic carbocycles. The Morgan fingerprint density at radius 3 is 2.75 bits per heavy atom. The molecule has 1 aromatic carbocycles. The van der Waals surface area contributed by atoms with Crippen molar-refractivity contribution in [3.05, 3.63) is 44.4 Å². The molecule has 2 rings (SSSR count). The molecular weight excluding hydrogens is 352 g/mol. The van der Waals surface area contributed by atoms with E-state index in [0.29, 0.717) is 27.0 Å². The summed E-state index contributed by atoms with van der Waals surface area (Å²) in [5.41, 5.74) is 1.12. The van der Waals surface area contributed by atoms with Crippen molar-refractivity contribution >= 4 is 34.8 Å². The Labute approximate surface area is 148 Å². The number of hydrogen-bond acceptors (Lipinski definition) is 5. The van der Waals surface area contributed by atoms with Gasteiger partial charge in [0.25, 0.3) is 0 Å². The first-order valence-electron chi connectivity index (χ1n) is 7.14. The van der Waals surface area contributed by atoms with E-state index < -0.39 is 5.97 Å². The first-order valence-corrected chi connectivity index (χ1v) is 8.33. The maximum atomic E-state index is 12.3. The first kappa shape index (κ1) is 18.2. The summed E-state index contributed by atoms with van der Waals surface area (Å²) in [7, 11) is 1.53. The number of carbonyl (C=O) groups excluding carboxylic acids is 1. The molecule has 128 valence electrons. The van der Waals surface area contributed by atoms with Crippen LogP contribution in [0.25, 0.3) is 0 Å². The number of aryl methyl sites for hydroxylation is 1. The second-order valence-electron chi connectivity index (χ2n) is 5.19. The van der Waals surface area contributed by atoms with Crippen molar-refractivity contribution in [2.24, 2.45) is 0 Å².